The van der Waals surface area contributed by atoms with E-state index in [0.717, 1.165) is 11.6 Å². The topological polar surface area (TPSA) is 12.0 Å². The molecule has 0 spiro atoms. The SMILES string of the molecule is Cc1sc(CNC(C)c2cccc(Cl)c2)cc1Br. The van der Waals surface area contributed by atoms with Gasteiger partial charge in [0.05, 0.1) is 0 Å². The van der Waals surface area contributed by atoms with E-state index in [0.29, 0.717) is 6.04 Å². The fourth-order valence-corrected chi connectivity index (χ4v) is 3.50. The normalized spacial score (nSPS) is 12.7. The van der Waals surface area contributed by atoms with Crippen LogP contribution in [0.4, 0.5) is 0 Å². The van der Waals surface area contributed by atoms with Gasteiger partial charge in [-0.2, -0.15) is 0 Å². The van der Waals surface area contributed by atoms with E-state index in [1.807, 2.05) is 29.5 Å². The van der Waals surface area contributed by atoms with Crippen LogP contribution in [-0.4, -0.2) is 0 Å². The number of rotatable bonds is 4. The van der Waals surface area contributed by atoms with Gasteiger partial charge in [-0.3, -0.25) is 0 Å². The highest BCUT2D eigenvalue weighted by atomic mass is 79.9. The van der Waals surface area contributed by atoms with E-state index < -0.39 is 0 Å². The highest BCUT2D eigenvalue weighted by molar-refractivity contribution is 9.10. The van der Waals surface area contributed by atoms with Crippen LogP contribution in [0, 0.1) is 6.92 Å². The number of benzene rings is 1. The van der Waals surface area contributed by atoms with E-state index in [-0.39, 0.29) is 0 Å². The van der Waals surface area contributed by atoms with Crippen molar-refractivity contribution in [2.45, 2.75) is 26.4 Å². The summed E-state index contributed by atoms with van der Waals surface area (Å²) < 4.78 is 1.19. The third-order valence-corrected chi connectivity index (χ3v) is 5.21. The first-order valence-corrected chi connectivity index (χ1v) is 7.78. The molecule has 0 aliphatic heterocycles. The van der Waals surface area contributed by atoms with Crippen LogP contribution in [0.1, 0.15) is 28.3 Å². The lowest BCUT2D eigenvalue weighted by molar-refractivity contribution is 0.579. The van der Waals surface area contributed by atoms with Crippen LogP contribution in [0.5, 0.6) is 0 Å². The molecule has 96 valence electrons. The highest BCUT2D eigenvalue weighted by Crippen LogP contribution is 2.27. The summed E-state index contributed by atoms with van der Waals surface area (Å²) in [4.78, 5) is 2.66. The van der Waals surface area contributed by atoms with Crippen molar-refractivity contribution in [2.75, 3.05) is 0 Å². The molecule has 2 rings (SSSR count). The Morgan fingerprint density at radius 2 is 2.17 bits per heavy atom. The minimum absolute atomic E-state index is 0.296. The molecular formula is C14H15BrClNS. The fourth-order valence-electron chi connectivity index (χ4n) is 1.75. The third-order valence-electron chi connectivity index (χ3n) is 2.84. The summed E-state index contributed by atoms with van der Waals surface area (Å²) >= 11 is 11.4. The summed E-state index contributed by atoms with van der Waals surface area (Å²) in [6.45, 7) is 5.16. The second kappa shape index (κ2) is 6.20. The lowest BCUT2D eigenvalue weighted by Gasteiger charge is -2.13. The highest BCUT2D eigenvalue weighted by Gasteiger charge is 2.07. The van der Waals surface area contributed by atoms with Gasteiger partial charge in [-0.1, -0.05) is 23.7 Å². The molecular weight excluding hydrogens is 330 g/mol. The van der Waals surface area contributed by atoms with E-state index >= 15 is 0 Å². The molecule has 1 atom stereocenters. The van der Waals surface area contributed by atoms with Gasteiger partial charge in [0.2, 0.25) is 0 Å². The minimum atomic E-state index is 0.296. The molecule has 1 nitrogen and oxygen atoms in total. The lowest BCUT2D eigenvalue weighted by Crippen LogP contribution is -2.17. The first-order valence-electron chi connectivity index (χ1n) is 5.80. The number of aryl methyl sites for hydroxylation is 1. The Hall–Kier alpha value is -0.350. The minimum Gasteiger partial charge on any atom is -0.305 e. The summed E-state index contributed by atoms with van der Waals surface area (Å²) in [7, 11) is 0. The quantitative estimate of drug-likeness (QED) is 0.791. The molecule has 1 aromatic carbocycles. The fraction of sp³-hybridized carbons (Fsp3) is 0.286. The van der Waals surface area contributed by atoms with Crippen LogP contribution in [0.2, 0.25) is 5.02 Å². The molecule has 1 heterocycles. The van der Waals surface area contributed by atoms with Gasteiger partial charge in [0.1, 0.15) is 0 Å². The predicted octanol–water partition coefficient (Wildman–Crippen LogP) is 5.32. The first-order chi connectivity index (χ1) is 8.56. The number of halogens is 2. The molecule has 0 saturated carbocycles. The molecule has 0 amide bonds. The van der Waals surface area contributed by atoms with E-state index in [1.54, 1.807) is 0 Å². The summed E-state index contributed by atoms with van der Waals surface area (Å²) in [6.07, 6.45) is 0. The second-order valence-corrected chi connectivity index (χ2v) is 6.91. The Bertz CT molecular complexity index is 519. The number of thiophene rings is 1. The van der Waals surface area contributed by atoms with E-state index in [9.17, 15) is 0 Å². The van der Waals surface area contributed by atoms with Gasteiger partial charge in [-0.15, -0.1) is 11.3 Å². The van der Waals surface area contributed by atoms with Crippen LogP contribution in [0.25, 0.3) is 0 Å². The predicted molar refractivity (Wildman–Crippen MR) is 83.5 cm³/mol. The maximum atomic E-state index is 6.00. The monoisotopic (exact) mass is 343 g/mol. The van der Waals surface area contributed by atoms with Crippen molar-refractivity contribution in [3.8, 4) is 0 Å². The number of hydrogen-bond donors (Lipinski definition) is 1. The van der Waals surface area contributed by atoms with Crippen molar-refractivity contribution in [2.24, 2.45) is 0 Å². The zero-order valence-electron chi connectivity index (χ0n) is 10.3. The number of hydrogen-bond acceptors (Lipinski definition) is 2. The molecule has 2 aromatic rings. The Balaban J connectivity index is 1.98. The van der Waals surface area contributed by atoms with Gasteiger partial charge in [0.15, 0.2) is 0 Å². The Kier molecular flexibility index (Phi) is 4.84. The van der Waals surface area contributed by atoms with Crippen molar-refractivity contribution in [3.05, 3.63) is 55.1 Å². The van der Waals surface area contributed by atoms with Crippen LogP contribution in [0.3, 0.4) is 0 Å². The van der Waals surface area contributed by atoms with Gasteiger partial charge in [0, 0.05) is 31.8 Å². The van der Waals surface area contributed by atoms with Gasteiger partial charge < -0.3 is 5.32 Å². The second-order valence-electron chi connectivity index (χ2n) is 4.27. The van der Waals surface area contributed by atoms with Gasteiger partial charge in [-0.05, 0) is 53.5 Å². The molecule has 0 aliphatic carbocycles. The average Bonchev–Trinajstić information content (AvgIpc) is 2.66. The van der Waals surface area contributed by atoms with Crippen molar-refractivity contribution in [1.82, 2.24) is 5.32 Å². The molecule has 1 aromatic heterocycles. The molecule has 18 heavy (non-hydrogen) atoms. The van der Waals surface area contributed by atoms with Crippen LogP contribution in [-0.2, 0) is 6.54 Å². The first kappa shape index (κ1) is 14.1. The lowest BCUT2D eigenvalue weighted by atomic mass is 10.1. The van der Waals surface area contributed by atoms with Crippen LogP contribution < -0.4 is 5.32 Å². The maximum Gasteiger partial charge on any atom is 0.0409 e. The van der Waals surface area contributed by atoms with E-state index in [4.69, 9.17) is 11.6 Å². The van der Waals surface area contributed by atoms with Crippen molar-refractivity contribution < 1.29 is 0 Å². The van der Waals surface area contributed by atoms with Crippen molar-refractivity contribution in [3.63, 3.8) is 0 Å². The van der Waals surface area contributed by atoms with Gasteiger partial charge >= 0.3 is 0 Å². The molecule has 0 aliphatic rings. The smallest absolute Gasteiger partial charge is 0.0409 e. The Morgan fingerprint density at radius 1 is 1.39 bits per heavy atom. The number of nitrogens with one attached hydrogen (secondary N) is 1. The van der Waals surface area contributed by atoms with Crippen molar-refractivity contribution >= 4 is 38.9 Å². The molecule has 0 radical (unpaired) electrons. The van der Waals surface area contributed by atoms with E-state index in [1.165, 1.54) is 19.8 Å². The van der Waals surface area contributed by atoms with E-state index in [2.05, 4.69) is 47.2 Å². The zero-order valence-corrected chi connectivity index (χ0v) is 13.5. The average molecular weight is 345 g/mol. The zero-order chi connectivity index (χ0) is 13.1. The maximum absolute atomic E-state index is 6.00. The van der Waals surface area contributed by atoms with Gasteiger partial charge in [-0.25, -0.2) is 0 Å². The molecule has 1 unspecified atom stereocenters. The molecule has 1 N–H and O–H groups in total. The van der Waals surface area contributed by atoms with Crippen molar-refractivity contribution in [1.29, 1.82) is 0 Å². The molecule has 0 fully saturated rings. The Labute approximate surface area is 125 Å². The molecule has 0 bridgehead atoms. The summed E-state index contributed by atoms with van der Waals surface area (Å²) in [5.74, 6) is 0. The summed E-state index contributed by atoms with van der Waals surface area (Å²) in [5.41, 5.74) is 1.22. The Morgan fingerprint density at radius 3 is 2.78 bits per heavy atom. The molecule has 0 saturated heterocycles. The van der Waals surface area contributed by atoms with Crippen LogP contribution in [0.15, 0.2) is 34.8 Å². The molecule has 4 heteroatoms. The van der Waals surface area contributed by atoms with Crippen LogP contribution >= 0.6 is 38.9 Å². The third kappa shape index (κ3) is 3.58. The summed E-state index contributed by atoms with van der Waals surface area (Å²) in [6, 6.07) is 10.5. The van der Waals surface area contributed by atoms with Gasteiger partial charge in [0.25, 0.3) is 0 Å². The largest absolute Gasteiger partial charge is 0.305 e. The standard InChI is InChI=1S/C14H15BrClNS/c1-9(11-4-3-5-12(16)6-11)17-8-13-7-14(15)10(2)18-13/h3-7,9,17H,8H2,1-2H3. The summed E-state index contributed by atoms with van der Waals surface area (Å²) in [5, 5.41) is 4.30.